The van der Waals surface area contributed by atoms with Crippen LogP contribution in [-0.4, -0.2) is 26.2 Å². The van der Waals surface area contributed by atoms with Gasteiger partial charge in [-0.2, -0.15) is 5.10 Å². The number of anilines is 1. The standard InChI is InChI=1S/C13H12N6S/c1-10-9-20-13(16-10)17-15-8-11-2-4-12(5-3-11)19-7-6-14-18-19/h2-9H,1H3,(H,16,17). The highest BCUT2D eigenvalue weighted by Crippen LogP contribution is 2.14. The summed E-state index contributed by atoms with van der Waals surface area (Å²) >= 11 is 1.53. The van der Waals surface area contributed by atoms with Gasteiger partial charge in [-0.3, -0.25) is 5.43 Å². The highest BCUT2D eigenvalue weighted by Gasteiger charge is 1.97. The van der Waals surface area contributed by atoms with Gasteiger partial charge in [0.15, 0.2) is 0 Å². The first-order chi connectivity index (χ1) is 9.81. The molecule has 100 valence electrons. The van der Waals surface area contributed by atoms with Crippen LogP contribution in [0.4, 0.5) is 5.13 Å². The lowest BCUT2D eigenvalue weighted by molar-refractivity contribution is 0.803. The Labute approximate surface area is 119 Å². The first kappa shape index (κ1) is 12.5. The summed E-state index contributed by atoms with van der Waals surface area (Å²) in [6.07, 6.45) is 5.20. The predicted octanol–water partition coefficient (Wildman–Crippen LogP) is 2.48. The van der Waals surface area contributed by atoms with Crippen molar-refractivity contribution in [1.29, 1.82) is 0 Å². The first-order valence-corrected chi connectivity index (χ1v) is 6.87. The maximum Gasteiger partial charge on any atom is 0.203 e. The Balaban J connectivity index is 1.66. The lowest BCUT2D eigenvalue weighted by atomic mass is 10.2. The molecule has 6 nitrogen and oxygen atoms in total. The van der Waals surface area contributed by atoms with Crippen molar-refractivity contribution in [3.8, 4) is 5.69 Å². The molecule has 0 aliphatic carbocycles. The minimum Gasteiger partial charge on any atom is -0.253 e. The molecule has 0 unspecified atom stereocenters. The van der Waals surface area contributed by atoms with Crippen LogP contribution in [0.2, 0.25) is 0 Å². The molecule has 2 heterocycles. The highest BCUT2D eigenvalue weighted by atomic mass is 32.1. The van der Waals surface area contributed by atoms with E-state index in [4.69, 9.17) is 0 Å². The van der Waals surface area contributed by atoms with E-state index in [1.165, 1.54) is 11.3 Å². The van der Waals surface area contributed by atoms with Crippen LogP contribution >= 0.6 is 11.3 Å². The predicted molar refractivity (Wildman–Crippen MR) is 79.4 cm³/mol. The normalized spacial score (nSPS) is 11.1. The third kappa shape index (κ3) is 2.89. The summed E-state index contributed by atoms with van der Waals surface area (Å²) in [6.45, 7) is 1.95. The fourth-order valence-corrected chi connectivity index (χ4v) is 2.26. The molecule has 0 saturated heterocycles. The Morgan fingerprint density at radius 3 is 2.80 bits per heavy atom. The van der Waals surface area contributed by atoms with Crippen LogP contribution in [0, 0.1) is 6.92 Å². The van der Waals surface area contributed by atoms with Gasteiger partial charge in [0.2, 0.25) is 5.13 Å². The largest absolute Gasteiger partial charge is 0.253 e. The molecule has 0 saturated carbocycles. The van der Waals surface area contributed by atoms with E-state index in [0.29, 0.717) is 0 Å². The second kappa shape index (κ2) is 5.62. The SMILES string of the molecule is Cc1csc(NN=Cc2ccc(-n3ccnn3)cc2)n1. The fourth-order valence-electron chi connectivity index (χ4n) is 1.63. The zero-order valence-corrected chi connectivity index (χ0v) is 11.6. The van der Waals surface area contributed by atoms with Crippen molar-refractivity contribution >= 4 is 22.7 Å². The topological polar surface area (TPSA) is 68.0 Å². The summed E-state index contributed by atoms with van der Waals surface area (Å²) in [5, 5.41) is 14.6. The molecule has 0 atom stereocenters. The van der Waals surface area contributed by atoms with Crippen LogP contribution in [0.1, 0.15) is 11.3 Å². The number of thiazole rings is 1. The van der Waals surface area contributed by atoms with E-state index in [1.54, 1.807) is 23.3 Å². The Morgan fingerprint density at radius 2 is 2.15 bits per heavy atom. The Kier molecular flexibility index (Phi) is 3.51. The summed E-state index contributed by atoms with van der Waals surface area (Å²) in [5.74, 6) is 0. The summed E-state index contributed by atoms with van der Waals surface area (Å²) in [4.78, 5) is 4.26. The molecular weight excluding hydrogens is 272 g/mol. The van der Waals surface area contributed by atoms with Gasteiger partial charge in [0.1, 0.15) is 0 Å². The summed E-state index contributed by atoms with van der Waals surface area (Å²) in [7, 11) is 0. The lowest BCUT2D eigenvalue weighted by Crippen LogP contribution is -1.95. The number of benzene rings is 1. The van der Waals surface area contributed by atoms with Gasteiger partial charge in [-0.15, -0.1) is 16.4 Å². The van der Waals surface area contributed by atoms with E-state index in [9.17, 15) is 0 Å². The van der Waals surface area contributed by atoms with Gasteiger partial charge in [-0.1, -0.05) is 17.3 Å². The molecule has 0 aliphatic rings. The molecular formula is C13H12N6S. The quantitative estimate of drug-likeness (QED) is 0.590. The number of nitrogens with one attached hydrogen (secondary N) is 1. The number of hydrazone groups is 1. The second-order valence-corrected chi connectivity index (χ2v) is 4.96. The van der Waals surface area contributed by atoms with Crippen LogP contribution in [0.5, 0.6) is 0 Å². The summed E-state index contributed by atoms with van der Waals surface area (Å²) in [5.41, 5.74) is 5.85. The van der Waals surface area contributed by atoms with E-state index in [2.05, 4.69) is 25.8 Å². The number of nitrogens with zero attached hydrogens (tertiary/aromatic N) is 5. The van der Waals surface area contributed by atoms with Gasteiger partial charge in [0.05, 0.1) is 30.0 Å². The van der Waals surface area contributed by atoms with Crippen molar-refractivity contribution < 1.29 is 0 Å². The molecule has 0 bridgehead atoms. The molecule has 7 heteroatoms. The van der Waals surface area contributed by atoms with Crippen molar-refractivity contribution in [2.45, 2.75) is 6.92 Å². The Morgan fingerprint density at radius 1 is 1.30 bits per heavy atom. The molecule has 0 radical (unpaired) electrons. The number of hydrogen-bond acceptors (Lipinski definition) is 6. The summed E-state index contributed by atoms with van der Waals surface area (Å²) < 4.78 is 1.71. The molecule has 3 rings (SSSR count). The fraction of sp³-hybridized carbons (Fsp3) is 0.0769. The van der Waals surface area contributed by atoms with Crippen LogP contribution < -0.4 is 5.43 Å². The molecule has 3 aromatic rings. The van der Waals surface area contributed by atoms with Crippen LogP contribution in [0.25, 0.3) is 5.69 Å². The third-order valence-electron chi connectivity index (χ3n) is 2.57. The maximum absolute atomic E-state index is 4.26. The molecule has 0 aliphatic heterocycles. The van der Waals surface area contributed by atoms with Crippen molar-refractivity contribution in [3.05, 3.63) is 53.3 Å². The van der Waals surface area contributed by atoms with Gasteiger partial charge in [0, 0.05) is 5.38 Å². The smallest absolute Gasteiger partial charge is 0.203 e. The average Bonchev–Trinajstić information content (AvgIpc) is 3.11. The zero-order chi connectivity index (χ0) is 13.8. The molecule has 0 fully saturated rings. The second-order valence-electron chi connectivity index (χ2n) is 4.10. The van der Waals surface area contributed by atoms with E-state index in [0.717, 1.165) is 22.1 Å². The van der Waals surface area contributed by atoms with Gasteiger partial charge >= 0.3 is 0 Å². The first-order valence-electron chi connectivity index (χ1n) is 5.99. The zero-order valence-electron chi connectivity index (χ0n) is 10.8. The van der Waals surface area contributed by atoms with Gasteiger partial charge in [-0.05, 0) is 24.6 Å². The number of rotatable bonds is 4. The minimum absolute atomic E-state index is 0.790. The molecule has 1 aromatic carbocycles. The molecule has 1 N–H and O–H groups in total. The lowest BCUT2D eigenvalue weighted by Gasteiger charge is -2.00. The monoisotopic (exact) mass is 284 g/mol. The molecule has 20 heavy (non-hydrogen) atoms. The van der Waals surface area contributed by atoms with Gasteiger partial charge in [-0.25, -0.2) is 9.67 Å². The van der Waals surface area contributed by atoms with Crippen LogP contribution in [0.15, 0.2) is 47.1 Å². The van der Waals surface area contributed by atoms with Crippen molar-refractivity contribution in [1.82, 2.24) is 20.0 Å². The van der Waals surface area contributed by atoms with Crippen molar-refractivity contribution in [2.24, 2.45) is 5.10 Å². The molecule has 0 spiro atoms. The van der Waals surface area contributed by atoms with E-state index in [-0.39, 0.29) is 0 Å². The minimum atomic E-state index is 0.790. The number of aryl methyl sites for hydroxylation is 1. The van der Waals surface area contributed by atoms with Crippen LogP contribution in [-0.2, 0) is 0 Å². The number of hydrogen-bond donors (Lipinski definition) is 1. The van der Waals surface area contributed by atoms with Crippen molar-refractivity contribution in [3.63, 3.8) is 0 Å². The van der Waals surface area contributed by atoms with Crippen LogP contribution in [0.3, 0.4) is 0 Å². The molecule has 2 aromatic heterocycles. The number of aromatic nitrogens is 4. The van der Waals surface area contributed by atoms with Gasteiger partial charge in [0.25, 0.3) is 0 Å². The maximum atomic E-state index is 4.26. The average molecular weight is 284 g/mol. The van der Waals surface area contributed by atoms with E-state index >= 15 is 0 Å². The van der Waals surface area contributed by atoms with E-state index in [1.807, 2.05) is 36.6 Å². The van der Waals surface area contributed by atoms with Crippen molar-refractivity contribution in [2.75, 3.05) is 5.43 Å². The Hall–Kier alpha value is -2.54. The highest BCUT2D eigenvalue weighted by molar-refractivity contribution is 7.13. The molecule has 0 amide bonds. The van der Waals surface area contributed by atoms with E-state index < -0.39 is 0 Å². The Bertz CT molecular complexity index is 699. The third-order valence-corrected chi connectivity index (χ3v) is 3.44. The van der Waals surface area contributed by atoms with Gasteiger partial charge < -0.3 is 0 Å². The summed E-state index contributed by atoms with van der Waals surface area (Å²) in [6, 6.07) is 7.86.